The fraction of sp³-hybridized carbons (Fsp3) is 0.300. The van der Waals surface area contributed by atoms with Crippen molar-refractivity contribution in [1.82, 2.24) is 0 Å². The number of aliphatic carboxylic acids is 1. The molecular weight excluding hydrogens is 201 g/mol. The second kappa shape index (κ2) is 4.37. The SMILES string of the molecule is N[C@](CO)(Cc1ccc(F)cc1)C(=O)O. The molecule has 0 radical (unpaired) electrons. The van der Waals surface area contributed by atoms with E-state index in [-0.39, 0.29) is 6.42 Å². The molecule has 0 amide bonds. The lowest BCUT2D eigenvalue weighted by Gasteiger charge is -2.21. The van der Waals surface area contributed by atoms with Gasteiger partial charge < -0.3 is 15.9 Å². The Morgan fingerprint density at radius 3 is 2.33 bits per heavy atom. The van der Waals surface area contributed by atoms with Crippen molar-refractivity contribution in [3.63, 3.8) is 0 Å². The fourth-order valence-electron chi connectivity index (χ4n) is 1.17. The summed E-state index contributed by atoms with van der Waals surface area (Å²) in [6, 6.07) is 5.31. The molecule has 4 N–H and O–H groups in total. The molecule has 1 aromatic rings. The average molecular weight is 213 g/mol. The number of halogens is 1. The van der Waals surface area contributed by atoms with Gasteiger partial charge in [0.05, 0.1) is 6.61 Å². The van der Waals surface area contributed by atoms with Crippen LogP contribution in [-0.2, 0) is 11.2 Å². The third-order valence-electron chi connectivity index (χ3n) is 2.14. The molecule has 0 aliphatic carbocycles. The Morgan fingerprint density at radius 2 is 1.93 bits per heavy atom. The quantitative estimate of drug-likeness (QED) is 0.664. The lowest BCUT2D eigenvalue weighted by atomic mass is 9.93. The fourth-order valence-corrected chi connectivity index (χ4v) is 1.17. The van der Waals surface area contributed by atoms with Gasteiger partial charge >= 0.3 is 5.97 Å². The first-order valence-corrected chi connectivity index (χ1v) is 4.35. The molecule has 0 fully saturated rings. The number of hydrogen-bond acceptors (Lipinski definition) is 3. The summed E-state index contributed by atoms with van der Waals surface area (Å²) >= 11 is 0. The maximum absolute atomic E-state index is 12.6. The summed E-state index contributed by atoms with van der Waals surface area (Å²) in [6.45, 7) is -0.667. The Morgan fingerprint density at radius 1 is 1.40 bits per heavy atom. The number of aliphatic hydroxyl groups excluding tert-OH is 1. The van der Waals surface area contributed by atoms with Gasteiger partial charge in [-0.1, -0.05) is 12.1 Å². The molecule has 82 valence electrons. The van der Waals surface area contributed by atoms with E-state index in [1.54, 1.807) is 0 Å². The Bertz CT molecular complexity index is 352. The maximum atomic E-state index is 12.6. The van der Waals surface area contributed by atoms with Crippen molar-refractivity contribution in [2.45, 2.75) is 12.0 Å². The van der Waals surface area contributed by atoms with Crippen molar-refractivity contribution >= 4 is 5.97 Å². The zero-order valence-corrected chi connectivity index (χ0v) is 7.98. The highest BCUT2D eigenvalue weighted by molar-refractivity contribution is 5.79. The third-order valence-corrected chi connectivity index (χ3v) is 2.14. The van der Waals surface area contributed by atoms with Crippen LogP contribution >= 0.6 is 0 Å². The molecule has 15 heavy (non-hydrogen) atoms. The van der Waals surface area contributed by atoms with Crippen LogP contribution in [0.3, 0.4) is 0 Å². The minimum atomic E-state index is -1.71. The van der Waals surface area contributed by atoms with E-state index in [0.29, 0.717) is 5.56 Å². The summed E-state index contributed by atoms with van der Waals surface area (Å²) in [7, 11) is 0. The predicted octanol–water partition coefficient (Wildman–Crippen LogP) is 0.143. The zero-order chi connectivity index (χ0) is 11.5. The van der Waals surface area contributed by atoms with Crippen molar-refractivity contribution in [3.05, 3.63) is 35.6 Å². The van der Waals surface area contributed by atoms with E-state index in [9.17, 15) is 9.18 Å². The molecule has 1 rings (SSSR count). The largest absolute Gasteiger partial charge is 0.480 e. The van der Waals surface area contributed by atoms with Crippen LogP contribution in [0.5, 0.6) is 0 Å². The molecule has 0 saturated heterocycles. The summed E-state index contributed by atoms with van der Waals surface area (Å²) in [4.78, 5) is 10.8. The topological polar surface area (TPSA) is 83.5 Å². The van der Waals surface area contributed by atoms with Gasteiger partial charge in [-0.2, -0.15) is 0 Å². The van der Waals surface area contributed by atoms with Crippen LogP contribution in [0.15, 0.2) is 24.3 Å². The maximum Gasteiger partial charge on any atom is 0.326 e. The van der Waals surface area contributed by atoms with Crippen molar-refractivity contribution in [2.75, 3.05) is 6.61 Å². The number of aliphatic hydroxyl groups is 1. The van der Waals surface area contributed by atoms with Crippen molar-refractivity contribution in [1.29, 1.82) is 0 Å². The van der Waals surface area contributed by atoms with Crippen LogP contribution in [0.1, 0.15) is 5.56 Å². The Labute approximate surface area is 86.1 Å². The minimum absolute atomic E-state index is 0.0425. The van der Waals surface area contributed by atoms with Crippen LogP contribution in [0.25, 0.3) is 0 Å². The van der Waals surface area contributed by atoms with Crippen LogP contribution in [0, 0.1) is 5.82 Å². The van der Waals surface area contributed by atoms with Crippen LogP contribution < -0.4 is 5.73 Å². The second-order valence-corrected chi connectivity index (χ2v) is 3.42. The Balaban J connectivity index is 2.84. The first-order valence-electron chi connectivity index (χ1n) is 4.35. The highest BCUT2D eigenvalue weighted by atomic mass is 19.1. The number of rotatable bonds is 4. The van der Waals surface area contributed by atoms with Crippen molar-refractivity contribution < 1.29 is 19.4 Å². The van der Waals surface area contributed by atoms with E-state index in [4.69, 9.17) is 15.9 Å². The van der Waals surface area contributed by atoms with E-state index < -0.39 is 23.9 Å². The molecule has 0 spiro atoms. The molecule has 0 heterocycles. The van der Waals surface area contributed by atoms with Gasteiger partial charge in [0.15, 0.2) is 0 Å². The predicted molar refractivity (Wildman–Crippen MR) is 51.7 cm³/mol. The van der Waals surface area contributed by atoms with Gasteiger partial charge in [-0.05, 0) is 17.7 Å². The molecule has 1 atom stereocenters. The van der Waals surface area contributed by atoms with Crippen LogP contribution in [-0.4, -0.2) is 28.3 Å². The molecule has 0 bridgehead atoms. The molecule has 1 aromatic carbocycles. The van der Waals surface area contributed by atoms with E-state index in [1.165, 1.54) is 24.3 Å². The molecule has 5 heteroatoms. The number of carboxylic acid groups (broad SMARTS) is 1. The Kier molecular flexibility index (Phi) is 3.39. The van der Waals surface area contributed by atoms with Gasteiger partial charge in [0.2, 0.25) is 0 Å². The summed E-state index contributed by atoms with van der Waals surface area (Å²) in [5.41, 5.74) is 4.32. The molecule has 0 unspecified atom stereocenters. The van der Waals surface area contributed by atoms with Crippen LogP contribution in [0.2, 0.25) is 0 Å². The van der Waals surface area contributed by atoms with E-state index in [2.05, 4.69) is 0 Å². The van der Waals surface area contributed by atoms with Gasteiger partial charge in [0, 0.05) is 6.42 Å². The first-order chi connectivity index (χ1) is 6.98. The monoisotopic (exact) mass is 213 g/mol. The normalized spacial score (nSPS) is 14.6. The van der Waals surface area contributed by atoms with Gasteiger partial charge in [-0.25, -0.2) is 4.39 Å². The second-order valence-electron chi connectivity index (χ2n) is 3.42. The van der Waals surface area contributed by atoms with Gasteiger partial charge in [0.1, 0.15) is 11.4 Å². The molecule has 0 aromatic heterocycles. The molecule has 0 aliphatic rings. The molecule has 0 saturated carbocycles. The number of hydrogen-bond donors (Lipinski definition) is 3. The van der Waals surface area contributed by atoms with Crippen molar-refractivity contribution in [3.8, 4) is 0 Å². The molecular formula is C10H12FNO3. The summed E-state index contributed by atoms with van der Waals surface area (Å²) < 4.78 is 12.6. The lowest BCUT2D eigenvalue weighted by molar-refractivity contribution is -0.144. The lowest BCUT2D eigenvalue weighted by Crippen LogP contribution is -2.53. The van der Waals surface area contributed by atoms with Gasteiger partial charge in [-0.3, -0.25) is 4.79 Å². The highest BCUT2D eigenvalue weighted by Crippen LogP contribution is 2.12. The standard InChI is InChI=1S/C10H12FNO3/c11-8-3-1-7(2-4-8)5-10(12,6-13)9(14)15/h1-4,13H,5-6,12H2,(H,14,15)/t10-/m0/s1. The summed E-state index contributed by atoms with van der Waals surface area (Å²) in [6.07, 6.45) is -0.0425. The summed E-state index contributed by atoms with van der Waals surface area (Å²) in [5, 5.41) is 17.7. The van der Waals surface area contributed by atoms with Gasteiger partial charge in [0.25, 0.3) is 0 Å². The van der Waals surface area contributed by atoms with Gasteiger partial charge in [-0.15, -0.1) is 0 Å². The zero-order valence-electron chi connectivity index (χ0n) is 7.98. The third kappa shape index (κ3) is 2.74. The first kappa shape index (κ1) is 11.6. The summed E-state index contributed by atoms with van der Waals surface area (Å²) in [5.74, 6) is -1.69. The number of carbonyl (C=O) groups is 1. The van der Waals surface area contributed by atoms with E-state index >= 15 is 0 Å². The van der Waals surface area contributed by atoms with Crippen molar-refractivity contribution in [2.24, 2.45) is 5.73 Å². The highest BCUT2D eigenvalue weighted by Gasteiger charge is 2.33. The smallest absolute Gasteiger partial charge is 0.326 e. The number of benzene rings is 1. The molecule has 0 aliphatic heterocycles. The number of nitrogens with two attached hydrogens (primary N) is 1. The Hall–Kier alpha value is -1.46. The molecule has 4 nitrogen and oxygen atoms in total. The van der Waals surface area contributed by atoms with Crippen LogP contribution in [0.4, 0.5) is 4.39 Å². The average Bonchev–Trinajstić information content (AvgIpc) is 2.21. The van der Waals surface area contributed by atoms with E-state index in [0.717, 1.165) is 0 Å². The minimum Gasteiger partial charge on any atom is -0.480 e. The van der Waals surface area contributed by atoms with E-state index in [1.807, 2.05) is 0 Å². The number of carboxylic acids is 1.